The van der Waals surface area contributed by atoms with Crippen LogP contribution in [0, 0.1) is 6.92 Å². The second kappa shape index (κ2) is 6.40. The van der Waals surface area contributed by atoms with Crippen molar-refractivity contribution in [1.29, 1.82) is 0 Å². The smallest absolute Gasteiger partial charge is 0.326 e. The predicted molar refractivity (Wildman–Crippen MR) is 70.0 cm³/mol. The van der Waals surface area contributed by atoms with Gasteiger partial charge in [-0.3, -0.25) is 4.79 Å². The van der Waals surface area contributed by atoms with Crippen molar-refractivity contribution in [3.63, 3.8) is 0 Å². The van der Waals surface area contributed by atoms with Crippen molar-refractivity contribution in [1.82, 2.24) is 5.32 Å². The molecule has 0 heterocycles. The summed E-state index contributed by atoms with van der Waals surface area (Å²) in [6.07, 6.45) is 1.09. The van der Waals surface area contributed by atoms with E-state index in [9.17, 15) is 9.59 Å². The standard InChI is InChI=1S/C13H16ClNO3/c1-3-4-11(13(17)18)15-12(16)9-6-5-8(2)10(14)7-9/h5-7,11H,3-4H2,1-2H3,(H,15,16)(H,17,18). The van der Waals surface area contributed by atoms with Gasteiger partial charge in [0.25, 0.3) is 5.91 Å². The van der Waals surface area contributed by atoms with E-state index in [1.807, 2.05) is 13.8 Å². The molecule has 2 N–H and O–H groups in total. The highest BCUT2D eigenvalue weighted by atomic mass is 35.5. The molecule has 0 aliphatic heterocycles. The Bertz CT molecular complexity index is 460. The van der Waals surface area contributed by atoms with Crippen LogP contribution in [0.3, 0.4) is 0 Å². The van der Waals surface area contributed by atoms with Crippen molar-refractivity contribution in [2.24, 2.45) is 0 Å². The molecule has 0 spiro atoms. The zero-order chi connectivity index (χ0) is 13.7. The van der Waals surface area contributed by atoms with Crippen molar-refractivity contribution in [3.05, 3.63) is 34.3 Å². The zero-order valence-corrected chi connectivity index (χ0v) is 11.1. The van der Waals surface area contributed by atoms with Crippen LogP contribution in [0.25, 0.3) is 0 Å². The fourth-order valence-corrected chi connectivity index (χ4v) is 1.70. The number of rotatable bonds is 5. The van der Waals surface area contributed by atoms with Gasteiger partial charge in [0.05, 0.1) is 0 Å². The molecule has 1 unspecified atom stereocenters. The van der Waals surface area contributed by atoms with Gasteiger partial charge in [-0.2, -0.15) is 0 Å². The number of carbonyl (C=O) groups excluding carboxylic acids is 1. The van der Waals surface area contributed by atoms with Gasteiger partial charge in [-0.25, -0.2) is 4.79 Å². The Morgan fingerprint density at radius 2 is 2.11 bits per heavy atom. The summed E-state index contributed by atoms with van der Waals surface area (Å²) in [5, 5.41) is 11.9. The average Bonchev–Trinajstić information content (AvgIpc) is 2.31. The first kappa shape index (κ1) is 14.5. The normalized spacial score (nSPS) is 11.9. The highest BCUT2D eigenvalue weighted by molar-refractivity contribution is 6.31. The van der Waals surface area contributed by atoms with Crippen LogP contribution in [-0.2, 0) is 4.79 Å². The molecule has 0 bridgehead atoms. The molecule has 1 aromatic carbocycles. The van der Waals surface area contributed by atoms with E-state index in [2.05, 4.69) is 5.32 Å². The summed E-state index contributed by atoms with van der Waals surface area (Å²) in [7, 11) is 0. The van der Waals surface area contributed by atoms with E-state index in [1.54, 1.807) is 12.1 Å². The van der Waals surface area contributed by atoms with E-state index < -0.39 is 17.9 Å². The van der Waals surface area contributed by atoms with Crippen LogP contribution in [0.1, 0.15) is 35.7 Å². The lowest BCUT2D eigenvalue weighted by Gasteiger charge is -2.13. The zero-order valence-electron chi connectivity index (χ0n) is 10.4. The summed E-state index contributed by atoms with van der Waals surface area (Å²) in [5.41, 5.74) is 1.24. The number of amides is 1. The number of hydrogen-bond acceptors (Lipinski definition) is 2. The number of hydrogen-bond donors (Lipinski definition) is 2. The Kier molecular flexibility index (Phi) is 5.16. The number of carboxylic acid groups (broad SMARTS) is 1. The maximum absolute atomic E-state index is 11.9. The van der Waals surface area contributed by atoms with Gasteiger partial charge in [-0.05, 0) is 31.0 Å². The molecule has 4 nitrogen and oxygen atoms in total. The number of benzene rings is 1. The molecule has 1 amide bonds. The van der Waals surface area contributed by atoms with Crippen molar-refractivity contribution in [2.75, 3.05) is 0 Å². The number of carbonyl (C=O) groups is 2. The van der Waals surface area contributed by atoms with Crippen molar-refractivity contribution in [3.8, 4) is 0 Å². The molecule has 0 saturated heterocycles. The summed E-state index contributed by atoms with van der Waals surface area (Å²) in [6, 6.07) is 4.04. The minimum Gasteiger partial charge on any atom is -0.480 e. The molecule has 0 saturated carbocycles. The molecule has 1 atom stereocenters. The lowest BCUT2D eigenvalue weighted by molar-refractivity contribution is -0.139. The van der Waals surface area contributed by atoms with E-state index in [0.717, 1.165) is 5.56 Å². The first-order valence-electron chi connectivity index (χ1n) is 5.75. The second-order valence-electron chi connectivity index (χ2n) is 4.12. The first-order valence-corrected chi connectivity index (χ1v) is 6.13. The molecule has 0 aliphatic rings. The molecular weight excluding hydrogens is 254 g/mol. The number of aliphatic carboxylic acids is 1. The van der Waals surface area contributed by atoms with E-state index >= 15 is 0 Å². The lowest BCUT2D eigenvalue weighted by atomic mass is 10.1. The Hall–Kier alpha value is -1.55. The third-order valence-corrected chi connectivity index (χ3v) is 3.02. The van der Waals surface area contributed by atoms with Crippen molar-refractivity contribution in [2.45, 2.75) is 32.7 Å². The van der Waals surface area contributed by atoms with Gasteiger partial charge in [0.15, 0.2) is 0 Å². The summed E-state index contributed by atoms with van der Waals surface area (Å²) < 4.78 is 0. The monoisotopic (exact) mass is 269 g/mol. The van der Waals surface area contributed by atoms with E-state index in [1.165, 1.54) is 6.07 Å². The summed E-state index contributed by atoms with van der Waals surface area (Å²) in [4.78, 5) is 22.8. The third-order valence-electron chi connectivity index (χ3n) is 2.61. The maximum atomic E-state index is 11.9. The fraction of sp³-hybridized carbons (Fsp3) is 0.385. The molecule has 0 aliphatic carbocycles. The highest BCUT2D eigenvalue weighted by Crippen LogP contribution is 2.16. The van der Waals surface area contributed by atoms with Crippen LogP contribution in [-0.4, -0.2) is 23.0 Å². The SMILES string of the molecule is CCCC(NC(=O)c1ccc(C)c(Cl)c1)C(=O)O. The fourth-order valence-electron chi connectivity index (χ4n) is 1.52. The van der Waals surface area contributed by atoms with Crippen molar-refractivity contribution >= 4 is 23.5 Å². The molecule has 1 rings (SSSR count). The van der Waals surface area contributed by atoms with Gasteiger partial charge in [0, 0.05) is 10.6 Å². The Balaban J connectivity index is 2.80. The number of nitrogens with one attached hydrogen (secondary N) is 1. The van der Waals surface area contributed by atoms with Gasteiger partial charge in [-0.1, -0.05) is 31.0 Å². The van der Waals surface area contributed by atoms with Crippen LogP contribution in [0.5, 0.6) is 0 Å². The number of aryl methyl sites for hydroxylation is 1. The molecule has 5 heteroatoms. The minimum atomic E-state index is -1.02. The van der Waals surface area contributed by atoms with Gasteiger partial charge in [-0.15, -0.1) is 0 Å². The first-order chi connectivity index (χ1) is 8.45. The Labute approximate surface area is 111 Å². The number of carboxylic acids is 1. The quantitative estimate of drug-likeness (QED) is 0.863. The lowest BCUT2D eigenvalue weighted by Crippen LogP contribution is -2.40. The molecule has 18 heavy (non-hydrogen) atoms. The third kappa shape index (κ3) is 3.74. The van der Waals surface area contributed by atoms with Crippen LogP contribution in [0.4, 0.5) is 0 Å². The highest BCUT2D eigenvalue weighted by Gasteiger charge is 2.19. The Morgan fingerprint density at radius 1 is 1.44 bits per heavy atom. The van der Waals surface area contributed by atoms with Crippen LogP contribution < -0.4 is 5.32 Å². The summed E-state index contributed by atoms with van der Waals surface area (Å²) in [5.74, 6) is -1.44. The molecule has 0 radical (unpaired) electrons. The van der Waals surface area contributed by atoms with Crippen LogP contribution in [0.2, 0.25) is 5.02 Å². The van der Waals surface area contributed by atoms with Gasteiger partial charge < -0.3 is 10.4 Å². The van der Waals surface area contributed by atoms with E-state index in [0.29, 0.717) is 23.4 Å². The summed E-state index contributed by atoms with van der Waals surface area (Å²) >= 11 is 5.92. The summed E-state index contributed by atoms with van der Waals surface area (Å²) in [6.45, 7) is 3.70. The molecular formula is C13H16ClNO3. The van der Waals surface area contributed by atoms with E-state index in [-0.39, 0.29) is 0 Å². The van der Waals surface area contributed by atoms with Gasteiger partial charge >= 0.3 is 5.97 Å². The topological polar surface area (TPSA) is 66.4 Å². The molecule has 98 valence electrons. The Morgan fingerprint density at radius 3 is 2.61 bits per heavy atom. The molecule has 1 aromatic rings. The van der Waals surface area contributed by atoms with E-state index in [4.69, 9.17) is 16.7 Å². The molecule has 0 fully saturated rings. The van der Waals surface area contributed by atoms with Gasteiger partial charge in [0.2, 0.25) is 0 Å². The minimum absolute atomic E-state index is 0.368. The van der Waals surface area contributed by atoms with Crippen molar-refractivity contribution < 1.29 is 14.7 Å². The largest absolute Gasteiger partial charge is 0.480 e. The molecule has 0 aromatic heterocycles. The second-order valence-corrected chi connectivity index (χ2v) is 4.52. The van der Waals surface area contributed by atoms with Crippen LogP contribution >= 0.6 is 11.6 Å². The average molecular weight is 270 g/mol. The van der Waals surface area contributed by atoms with Gasteiger partial charge in [0.1, 0.15) is 6.04 Å². The predicted octanol–water partition coefficient (Wildman–Crippen LogP) is 2.63. The number of halogens is 1. The van der Waals surface area contributed by atoms with Crippen LogP contribution in [0.15, 0.2) is 18.2 Å². The maximum Gasteiger partial charge on any atom is 0.326 e.